The molecule has 0 radical (unpaired) electrons. The highest BCUT2D eigenvalue weighted by atomic mass is 35.5. The Labute approximate surface area is 124 Å². The van der Waals surface area contributed by atoms with Gasteiger partial charge < -0.3 is 0 Å². The van der Waals surface area contributed by atoms with E-state index in [1.54, 1.807) is 36.4 Å². The standard InChI is InChI=1S/C16H8ClFN2O/c17-12-3-1-2-11-15(12)14-8-13(19-20(14)16(11)21)9-4-6-10(18)7-5-9/h1-8H. The molecule has 0 saturated carbocycles. The van der Waals surface area contributed by atoms with Crippen LogP contribution >= 0.6 is 11.6 Å². The first kappa shape index (κ1) is 12.3. The highest BCUT2D eigenvalue weighted by Gasteiger charge is 2.30. The lowest BCUT2D eigenvalue weighted by atomic mass is 10.1. The minimum absolute atomic E-state index is 0.198. The second-order valence-electron chi connectivity index (χ2n) is 4.80. The quantitative estimate of drug-likeness (QED) is 0.532. The molecule has 2 aromatic carbocycles. The second kappa shape index (κ2) is 4.27. The van der Waals surface area contributed by atoms with Crippen molar-refractivity contribution in [1.82, 2.24) is 9.78 Å². The number of aromatic nitrogens is 2. The summed E-state index contributed by atoms with van der Waals surface area (Å²) in [4.78, 5) is 12.3. The van der Waals surface area contributed by atoms with Crippen LogP contribution in [0.2, 0.25) is 5.02 Å². The van der Waals surface area contributed by atoms with Crippen molar-refractivity contribution in [3.05, 3.63) is 64.9 Å². The number of halogens is 2. The number of hydrogen-bond donors (Lipinski definition) is 0. The Hall–Kier alpha value is -2.46. The predicted molar refractivity (Wildman–Crippen MR) is 77.8 cm³/mol. The van der Waals surface area contributed by atoms with E-state index in [1.165, 1.54) is 16.8 Å². The summed E-state index contributed by atoms with van der Waals surface area (Å²) in [5.74, 6) is -0.508. The Morgan fingerprint density at radius 3 is 2.62 bits per heavy atom. The molecule has 3 aromatic rings. The van der Waals surface area contributed by atoms with Crippen LogP contribution in [0.25, 0.3) is 22.5 Å². The molecular weight excluding hydrogens is 291 g/mol. The zero-order chi connectivity index (χ0) is 14.6. The van der Waals surface area contributed by atoms with Crippen molar-refractivity contribution in [1.29, 1.82) is 0 Å². The lowest BCUT2D eigenvalue weighted by molar-refractivity contribution is 0.0955. The van der Waals surface area contributed by atoms with E-state index in [2.05, 4.69) is 5.10 Å². The highest BCUT2D eigenvalue weighted by molar-refractivity contribution is 6.35. The van der Waals surface area contributed by atoms with Crippen LogP contribution in [0.1, 0.15) is 10.4 Å². The molecular formula is C16H8ClFN2O. The molecule has 3 nitrogen and oxygen atoms in total. The molecule has 1 aliphatic rings. The van der Waals surface area contributed by atoms with Crippen LogP contribution in [0.3, 0.4) is 0 Å². The van der Waals surface area contributed by atoms with E-state index in [0.29, 0.717) is 27.5 Å². The average Bonchev–Trinajstić information content (AvgIpc) is 3.01. The number of nitrogens with zero attached hydrogens (tertiary/aromatic N) is 2. The summed E-state index contributed by atoms with van der Waals surface area (Å²) in [5.41, 5.74) is 3.28. The number of hydrogen-bond acceptors (Lipinski definition) is 2. The maximum atomic E-state index is 13.0. The van der Waals surface area contributed by atoms with Gasteiger partial charge in [0.15, 0.2) is 0 Å². The minimum atomic E-state index is -0.310. The lowest BCUT2D eigenvalue weighted by Crippen LogP contribution is -2.07. The number of fused-ring (bicyclic) bond motifs is 3. The van der Waals surface area contributed by atoms with Gasteiger partial charge >= 0.3 is 0 Å². The first-order valence-electron chi connectivity index (χ1n) is 6.35. The largest absolute Gasteiger partial charge is 0.279 e. The first-order chi connectivity index (χ1) is 10.1. The van der Waals surface area contributed by atoms with Crippen LogP contribution in [-0.4, -0.2) is 15.7 Å². The van der Waals surface area contributed by atoms with E-state index in [4.69, 9.17) is 11.6 Å². The highest BCUT2D eigenvalue weighted by Crippen LogP contribution is 2.38. The van der Waals surface area contributed by atoms with Crippen molar-refractivity contribution in [2.24, 2.45) is 0 Å². The maximum absolute atomic E-state index is 13.0. The molecule has 2 heterocycles. The molecule has 5 heteroatoms. The summed E-state index contributed by atoms with van der Waals surface area (Å²) >= 11 is 6.20. The van der Waals surface area contributed by atoms with Crippen molar-refractivity contribution in [3.8, 4) is 22.5 Å². The van der Waals surface area contributed by atoms with Gasteiger partial charge in [0.25, 0.3) is 5.91 Å². The molecule has 0 unspecified atom stereocenters. The fourth-order valence-electron chi connectivity index (χ4n) is 2.55. The molecule has 102 valence electrons. The van der Waals surface area contributed by atoms with E-state index in [9.17, 15) is 9.18 Å². The first-order valence-corrected chi connectivity index (χ1v) is 6.72. The van der Waals surface area contributed by atoms with Gasteiger partial charge in [0.2, 0.25) is 0 Å². The Morgan fingerprint density at radius 1 is 1.10 bits per heavy atom. The van der Waals surface area contributed by atoms with Crippen LogP contribution in [0.15, 0.2) is 48.5 Å². The lowest BCUT2D eigenvalue weighted by Gasteiger charge is -1.99. The smallest absolute Gasteiger partial charge is 0.267 e. The molecule has 21 heavy (non-hydrogen) atoms. The normalized spacial score (nSPS) is 12.4. The minimum Gasteiger partial charge on any atom is -0.267 e. The summed E-state index contributed by atoms with van der Waals surface area (Å²) < 4.78 is 14.3. The molecule has 0 saturated heterocycles. The third-order valence-corrected chi connectivity index (χ3v) is 3.86. The van der Waals surface area contributed by atoms with Gasteiger partial charge in [-0.2, -0.15) is 9.78 Å². The summed E-state index contributed by atoms with van der Waals surface area (Å²) in [6, 6.07) is 13.0. The topological polar surface area (TPSA) is 34.9 Å². The Kier molecular flexibility index (Phi) is 2.50. The van der Waals surface area contributed by atoms with Crippen molar-refractivity contribution in [3.63, 3.8) is 0 Å². The molecule has 0 amide bonds. The molecule has 0 atom stereocenters. The van der Waals surface area contributed by atoms with Gasteiger partial charge in [0.05, 0.1) is 22.0 Å². The van der Waals surface area contributed by atoms with Gasteiger partial charge in [-0.05, 0) is 42.5 Å². The van der Waals surface area contributed by atoms with Gasteiger partial charge in [0, 0.05) is 11.1 Å². The Bertz CT molecular complexity index is 884. The van der Waals surface area contributed by atoms with Crippen LogP contribution in [-0.2, 0) is 0 Å². The molecule has 0 fully saturated rings. The molecule has 0 N–H and O–H groups in total. The SMILES string of the molecule is O=C1c2cccc(Cl)c2-c2cc(-c3ccc(F)cc3)nn21. The third-order valence-electron chi connectivity index (χ3n) is 3.54. The molecule has 4 rings (SSSR count). The van der Waals surface area contributed by atoms with Crippen LogP contribution in [0.4, 0.5) is 4.39 Å². The molecule has 0 aliphatic carbocycles. The molecule has 1 aromatic heterocycles. The maximum Gasteiger partial charge on any atom is 0.279 e. The Morgan fingerprint density at radius 2 is 1.86 bits per heavy atom. The zero-order valence-electron chi connectivity index (χ0n) is 10.7. The van der Waals surface area contributed by atoms with E-state index in [-0.39, 0.29) is 11.7 Å². The van der Waals surface area contributed by atoms with Gasteiger partial charge in [-0.3, -0.25) is 4.79 Å². The van der Waals surface area contributed by atoms with Crippen LogP contribution in [0, 0.1) is 5.82 Å². The Balaban J connectivity index is 1.91. The van der Waals surface area contributed by atoms with E-state index in [1.807, 2.05) is 0 Å². The van der Waals surface area contributed by atoms with Crippen LogP contribution < -0.4 is 0 Å². The molecule has 1 aliphatic heterocycles. The van der Waals surface area contributed by atoms with Gasteiger partial charge in [-0.15, -0.1) is 0 Å². The van der Waals surface area contributed by atoms with Crippen molar-refractivity contribution >= 4 is 17.5 Å². The van der Waals surface area contributed by atoms with Gasteiger partial charge in [-0.25, -0.2) is 4.39 Å². The number of carbonyl (C=O) groups excluding carboxylic acids is 1. The molecule has 0 spiro atoms. The van der Waals surface area contributed by atoms with E-state index >= 15 is 0 Å². The third kappa shape index (κ3) is 1.73. The average molecular weight is 299 g/mol. The van der Waals surface area contributed by atoms with Crippen molar-refractivity contribution in [2.45, 2.75) is 0 Å². The number of rotatable bonds is 1. The van der Waals surface area contributed by atoms with Gasteiger partial charge in [0.1, 0.15) is 5.82 Å². The van der Waals surface area contributed by atoms with Gasteiger partial charge in [-0.1, -0.05) is 17.7 Å². The van der Waals surface area contributed by atoms with E-state index in [0.717, 1.165) is 5.56 Å². The summed E-state index contributed by atoms with van der Waals surface area (Å²) in [7, 11) is 0. The number of carbonyl (C=O) groups is 1. The summed E-state index contributed by atoms with van der Waals surface area (Å²) in [6.45, 7) is 0. The van der Waals surface area contributed by atoms with Crippen molar-refractivity contribution in [2.75, 3.05) is 0 Å². The number of benzene rings is 2. The van der Waals surface area contributed by atoms with Crippen molar-refractivity contribution < 1.29 is 9.18 Å². The fraction of sp³-hybridized carbons (Fsp3) is 0. The zero-order valence-corrected chi connectivity index (χ0v) is 11.4. The second-order valence-corrected chi connectivity index (χ2v) is 5.21. The molecule has 0 bridgehead atoms. The predicted octanol–water partition coefficient (Wildman–Crippen LogP) is 4.01. The van der Waals surface area contributed by atoms with Crippen LogP contribution in [0.5, 0.6) is 0 Å². The fourth-order valence-corrected chi connectivity index (χ4v) is 2.82. The van der Waals surface area contributed by atoms with E-state index < -0.39 is 0 Å². The monoisotopic (exact) mass is 298 g/mol. The summed E-state index contributed by atoms with van der Waals surface area (Å²) in [5, 5.41) is 4.83. The summed E-state index contributed by atoms with van der Waals surface area (Å²) in [6.07, 6.45) is 0.